The second-order valence-corrected chi connectivity index (χ2v) is 5.03. The molecule has 0 unspecified atom stereocenters. The highest BCUT2D eigenvalue weighted by Gasteiger charge is 2.08. The third-order valence-electron chi connectivity index (χ3n) is 2.48. The predicted molar refractivity (Wildman–Crippen MR) is 68.9 cm³/mol. The van der Waals surface area contributed by atoms with Gasteiger partial charge in [-0.25, -0.2) is 4.98 Å². The van der Waals surface area contributed by atoms with Crippen LogP contribution < -0.4 is 5.73 Å². The maximum absolute atomic E-state index is 5.59. The summed E-state index contributed by atoms with van der Waals surface area (Å²) in [6.07, 6.45) is 1.83. The van der Waals surface area contributed by atoms with Gasteiger partial charge < -0.3 is 5.73 Å². The summed E-state index contributed by atoms with van der Waals surface area (Å²) >= 11 is 1.63. The highest BCUT2D eigenvalue weighted by molar-refractivity contribution is 7.99. The van der Waals surface area contributed by atoms with Gasteiger partial charge in [0.25, 0.3) is 0 Å². The number of rotatable bonds is 3. The Morgan fingerprint density at radius 2 is 2.12 bits per heavy atom. The van der Waals surface area contributed by atoms with Gasteiger partial charge in [-0.2, -0.15) is 5.10 Å². The van der Waals surface area contributed by atoms with Crippen LogP contribution >= 0.6 is 11.8 Å². The van der Waals surface area contributed by atoms with Crippen molar-refractivity contribution in [3.05, 3.63) is 35.2 Å². The molecule has 0 radical (unpaired) electrons. The molecular weight excluding hydrogens is 232 g/mol. The molecule has 0 aliphatic heterocycles. The van der Waals surface area contributed by atoms with Crippen molar-refractivity contribution in [2.24, 2.45) is 12.8 Å². The zero-order chi connectivity index (χ0) is 12.4. The molecule has 0 aliphatic carbocycles. The molecule has 2 N–H and O–H groups in total. The van der Waals surface area contributed by atoms with Gasteiger partial charge in [-0.1, -0.05) is 17.8 Å². The molecule has 0 saturated heterocycles. The molecule has 0 saturated carbocycles. The minimum absolute atomic E-state index is 0.531. The first kappa shape index (κ1) is 12.1. The molecule has 2 aromatic heterocycles. The lowest BCUT2D eigenvalue weighted by Gasteiger charge is -2.06. The van der Waals surface area contributed by atoms with Crippen molar-refractivity contribution in [1.29, 1.82) is 0 Å². The van der Waals surface area contributed by atoms with Crippen LogP contribution in [0.5, 0.6) is 0 Å². The normalized spacial score (nSPS) is 10.8. The van der Waals surface area contributed by atoms with E-state index in [4.69, 9.17) is 5.73 Å². The number of pyridine rings is 1. The van der Waals surface area contributed by atoms with Gasteiger partial charge in [0.05, 0.1) is 5.69 Å². The first-order valence-corrected chi connectivity index (χ1v) is 6.26. The number of aromatic nitrogens is 3. The molecule has 17 heavy (non-hydrogen) atoms. The van der Waals surface area contributed by atoms with E-state index in [0.29, 0.717) is 6.54 Å². The van der Waals surface area contributed by atoms with Gasteiger partial charge in [0.15, 0.2) is 0 Å². The third kappa shape index (κ3) is 2.68. The van der Waals surface area contributed by atoms with Crippen molar-refractivity contribution in [1.82, 2.24) is 14.8 Å². The fourth-order valence-corrected chi connectivity index (χ4v) is 2.55. The summed E-state index contributed by atoms with van der Waals surface area (Å²) in [7, 11) is 1.94. The van der Waals surface area contributed by atoms with E-state index >= 15 is 0 Å². The van der Waals surface area contributed by atoms with Crippen LogP contribution in [0.15, 0.2) is 28.4 Å². The smallest absolute Gasteiger partial charge is 0.105 e. The molecule has 2 heterocycles. The van der Waals surface area contributed by atoms with Crippen LogP contribution in [0.3, 0.4) is 0 Å². The topological polar surface area (TPSA) is 56.7 Å². The van der Waals surface area contributed by atoms with Crippen LogP contribution in [0.1, 0.15) is 16.8 Å². The van der Waals surface area contributed by atoms with Crippen molar-refractivity contribution in [3.63, 3.8) is 0 Å². The molecular formula is C12H16N4S. The van der Waals surface area contributed by atoms with Crippen LogP contribution in [0.25, 0.3) is 0 Å². The zero-order valence-corrected chi connectivity index (χ0v) is 11.1. The van der Waals surface area contributed by atoms with E-state index in [0.717, 1.165) is 26.9 Å². The van der Waals surface area contributed by atoms with Crippen molar-refractivity contribution < 1.29 is 0 Å². The van der Waals surface area contributed by atoms with E-state index in [1.807, 2.05) is 24.9 Å². The van der Waals surface area contributed by atoms with Crippen molar-refractivity contribution >= 4 is 11.8 Å². The molecule has 2 rings (SSSR count). The summed E-state index contributed by atoms with van der Waals surface area (Å²) in [5, 5.41) is 6.42. The minimum Gasteiger partial charge on any atom is -0.326 e. The van der Waals surface area contributed by atoms with E-state index in [2.05, 4.69) is 29.1 Å². The Balaban J connectivity index is 2.27. The lowest BCUT2D eigenvalue weighted by Crippen LogP contribution is -1.99. The summed E-state index contributed by atoms with van der Waals surface area (Å²) in [5.74, 6) is 0. The van der Waals surface area contributed by atoms with Gasteiger partial charge in [0, 0.05) is 19.8 Å². The van der Waals surface area contributed by atoms with Gasteiger partial charge in [-0.15, -0.1) is 0 Å². The van der Waals surface area contributed by atoms with Crippen LogP contribution in [-0.4, -0.2) is 14.8 Å². The molecule has 2 aromatic rings. The zero-order valence-electron chi connectivity index (χ0n) is 10.3. The van der Waals surface area contributed by atoms with Crippen molar-refractivity contribution in [2.75, 3.05) is 0 Å². The second-order valence-electron chi connectivity index (χ2n) is 4.02. The van der Waals surface area contributed by atoms with E-state index < -0.39 is 0 Å². The predicted octanol–water partition coefficient (Wildman–Crippen LogP) is 2.04. The number of hydrogen-bond donors (Lipinski definition) is 1. The first-order valence-electron chi connectivity index (χ1n) is 5.44. The fourth-order valence-electron chi connectivity index (χ4n) is 1.62. The van der Waals surface area contributed by atoms with Crippen LogP contribution in [0.4, 0.5) is 0 Å². The van der Waals surface area contributed by atoms with Gasteiger partial charge >= 0.3 is 0 Å². The van der Waals surface area contributed by atoms with Gasteiger partial charge in [-0.05, 0) is 31.0 Å². The number of aryl methyl sites for hydroxylation is 3. The van der Waals surface area contributed by atoms with E-state index in [1.54, 1.807) is 11.8 Å². The molecule has 0 fully saturated rings. The molecule has 5 heteroatoms. The van der Waals surface area contributed by atoms with E-state index in [-0.39, 0.29) is 0 Å². The van der Waals surface area contributed by atoms with Crippen molar-refractivity contribution in [3.8, 4) is 0 Å². The second kappa shape index (κ2) is 4.89. The average Bonchev–Trinajstić information content (AvgIpc) is 2.60. The SMILES string of the molecule is Cc1cc(Sc2ncc(CN)cc2C)n(C)n1. The molecule has 0 aromatic carbocycles. The Bertz CT molecular complexity index is 533. The quantitative estimate of drug-likeness (QED) is 0.903. The van der Waals surface area contributed by atoms with Gasteiger partial charge in [-0.3, -0.25) is 4.68 Å². The summed E-state index contributed by atoms with van der Waals surface area (Å²) in [5.41, 5.74) is 8.82. The Morgan fingerprint density at radius 3 is 2.65 bits per heavy atom. The monoisotopic (exact) mass is 248 g/mol. The molecule has 0 atom stereocenters. The maximum Gasteiger partial charge on any atom is 0.105 e. The fraction of sp³-hybridized carbons (Fsp3) is 0.333. The minimum atomic E-state index is 0.531. The molecule has 90 valence electrons. The van der Waals surface area contributed by atoms with Crippen LogP contribution in [-0.2, 0) is 13.6 Å². The van der Waals surface area contributed by atoms with E-state index in [9.17, 15) is 0 Å². The van der Waals surface area contributed by atoms with Gasteiger partial charge in [0.1, 0.15) is 10.1 Å². The Labute approximate surface area is 105 Å². The van der Waals surface area contributed by atoms with Crippen LogP contribution in [0.2, 0.25) is 0 Å². The molecule has 0 spiro atoms. The number of nitrogens with zero attached hydrogens (tertiary/aromatic N) is 3. The number of nitrogens with two attached hydrogens (primary N) is 1. The van der Waals surface area contributed by atoms with Crippen LogP contribution in [0, 0.1) is 13.8 Å². The Kier molecular flexibility index (Phi) is 3.49. The summed E-state index contributed by atoms with van der Waals surface area (Å²) < 4.78 is 1.87. The van der Waals surface area contributed by atoms with Gasteiger partial charge in [0.2, 0.25) is 0 Å². The summed E-state index contributed by atoms with van der Waals surface area (Å²) in [4.78, 5) is 4.44. The summed E-state index contributed by atoms with van der Waals surface area (Å²) in [6.45, 7) is 4.57. The first-order chi connectivity index (χ1) is 8.10. The molecule has 0 bridgehead atoms. The third-order valence-corrected chi connectivity index (χ3v) is 3.69. The lowest BCUT2D eigenvalue weighted by atomic mass is 10.2. The largest absolute Gasteiger partial charge is 0.326 e. The lowest BCUT2D eigenvalue weighted by molar-refractivity contribution is 0.692. The molecule has 0 amide bonds. The number of hydrogen-bond acceptors (Lipinski definition) is 4. The Hall–Kier alpha value is -1.33. The maximum atomic E-state index is 5.59. The standard InChI is InChI=1S/C12H16N4S/c1-8-4-10(6-13)7-14-12(8)17-11-5-9(2)15-16(11)3/h4-5,7H,6,13H2,1-3H3. The molecule has 4 nitrogen and oxygen atoms in total. The Morgan fingerprint density at radius 1 is 1.35 bits per heavy atom. The highest BCUT2D eigenvalue weighted by atomic mass is 32.2. The summed E-state index contributed by atoms with van der Waals surface area (Å²) in [6, 6.07) is 4.14. The highest BCUT2D eigenvalue weighted by Crippen LogP contribution is 2.28. The molecule has 0 aliphatic rings. The van der Waals surface area contributed by atoms with Crippen molar-refractivity contribution in [2.45, 2.75) is 30.4 Å². The average molecular weight is 248 g/mol. The van der Waals surface area contributed by atoms with E-state index in [1.165, 1.54) is 0 Å².